The van der Waals surface area contributed by atoms with Gasteiger partial charge < -0.3 is 14.8 Å². The number of nitrogens with one attached hydrogen (secondary N) is 1. The number of aromatic nitrogens is 2. The molecule has 0 atom stereocenters. The average molecular weight is 396 g/mol. The molecule has 0 radical (unpaired) electrons. The Kier molecular flexibility index (Phi) is 6.05. The number of aromatic amines is 1. The van der Waals surface area contributed by atoms with Crippen molar-refractivity contribution in [3.63, 3.8) is 0 Å². The van der Waals surface area contributed by atoms with Crippen molar-refractivity contribution in [2.45, 2.75) is 5.16 Å². The van der Waals surface area contributed by atoms with Gasteiger partial charge in [-0.3, -0.25) is 14.5 Å². The normalized spacial score (nSPS) is 15.4. The molecule has 9 heteroatoms. The highest BCUT2D eigenvalue weighted by molar-refractivity contribution is 7.99. The monoisotopic (exact) mass is 395 g/mol. The minimum Gasteiger partial charge on any atom is -0.348 e. The smallest absolute Gasteiger partial charge is 0.236 e. The van der Waals surface area contributed by atoms with Crippen LogP contribution in [-0.4, -0.2) is 89.1 Å². The molecule has 2 amide bonds. The zero-order valence-electron chi connectivity index (χ0n) is 14.9. The molecule has 1 fully saturated rings. The Labute approximate surface area is 161 Å². The molecule has 0 spiro atoms. The van der Waals surface area contributed by atoms with E-state index in [0.29, 0.717) is 35.6 Å². The number of rotatable bonds is 5. The van der Waals surface area contributed by atoms with Crippen LogP contribution in [0.5, 0.6) is 0 Å². The molecule has 1 N–H and O–H groups in total. The molecule has 0 unspecified atom stereocenters. The highest BCUT2D eigenvalue weighted by Gasteiger charge is 2.23. The number of H-pyrrole nitrogens is 1. The third-order valence-electron chi connectivity index (χ3n) is 4.34. The predicted octanol–water partition coefficient (Wildman–Crippen LogP) is 1.54. The molecular weight excluding hydrogens is 374 g/mol. The Morgan fingerprint density at radius 1 is 1.27 bits per heavy atom. The molecule has 2 heterocycles. The summed E-state index contributed by atoms with van der Waals surface area (Å²) < 4.78 is 0. The minimum absolute atomic E-state index is 0.0883. The minimum atomic E-state index is 0.0883. The number of halogens is 1. The second kappa shape index (κ2) is 8.28. The van der Waals surface area contributed by atoms with Gasteiger partial charge in [-0.05, 0) is 18.2 Å². The van der Waals surface area contributed by atoms with Crippen molar-refractivity contribution in [2.24, 2.45) is 0 Å². The summed E-state index contributed by atoms with van der Waals surface area (Å²) >= 11 is 7.37. The highest BCUT2D eigenvalue weighted by Crippen LogP contribution is 2.22. The zero-order chi connectivity index (χ0) is 18.7. The van der Waals surface area contributed by atoms with E-state index in [1.165, 1.54) is 11.8 Å². The number of carbonyl (C=O) groups is 2. The van der Waals surface area contributed by atoms with Crippen LogP contribution in [0.25, 0.3) is 11.0 Å². The molecule has 1 aliphatic heterocycles. The number of hydrogen-bond donors (Lipinski definition) is 1. The first-order valence-corrected chi connectivity index (χ1v) is 9.77. The van der Waals surface area contributed by atoms with Gasteiger partial charge in [0.2, 0.25) is 11.8 Å². The van der Waals surface area contributed by atoms with Crippen molar-refractivity contribution >= 4 is 46.2 Å². The van der Waals surface area contributed by atoms with Crippen molar-refractivity contribution in [3.05, 3.63) is 23.2 Å². The third kappa shape index (κ3) is 4.69. The summed E-state index contributed by atoms with van der Waals surface area (Å²) in [6.45, 7) is 3.15. The summed E-state index contributed by atoms with van der Waals surface area (Å²) in [6.07, 6.45) is 0. The number of carbonyl (C=O) groups excluding carboxylic acids is 2. The molecule has 26 heavy (non-hydrogen) atoms. The molecule has 1 aliphatic rings. The van der Waals surface area contributed by atoms with Crippen molar-refractivity contribution < 1.29 is 9.59 Å². The predicted molar refractivity (Wildman–Crippen MR) is 104 cm³/mol. The summed E-state index contributed by atoms with van der Waals surface area (Å²) in [5, 5.41) is 1.37. The van der Waals surface area contributed by atoms with Gasteiger partial charge in [-0.2, -0.15) is 0 Å². The van der Waals surface area contributed by atoms with Crippen LogP contribution in [0.4, 0.5) is 0 Å². The molecule has 3 rings (SSSR count). The van der Waals surface area contributed by atoms with Crippen LogP contribution in [0, 0.1) is 0 Å². The lowest BCUT2D eigenvalue weighted by Crippen LogP contribution is -2.51. The first kappa shape index (κ1) is 19.0. The molecule has 2 aromatic rings. The van der Waals surface area contributed by atoms with Crippen molar-refractivity contribution in [1.29, 1.82) is 0 Å². The molecule has 0 aliphatic carbocycles. The van der Waals surface area contributed by atoms with Crippen LogP contribution in [0.2, 0.25) is 5.02 Å². The standard InChI is InChI=1S/C17H22ClN5O2S/c1-21(2)15(24)10-22-5-7-23(8-6-22)16(25)11-26-17-19-13-4-3-12(18)9-14(13)20-17/h3-4,9H,5-8,10-11H2,1-2H3,(H,19,20). The maximum absolute atomic E-state index is 12.4. The lowest BCUT2D eigenvalue weighted by Gasteiger charge is -2.34. The molecule has 1 aromatic heterocycles. The summed E-state index contributed by atoms with van der Waals surface area (Å²) in [4.78, 5) is 37.4. The topological polar surface area (TPSA) is 72.5 Å². The average Bonchev–Trinajstić information content (AvgIpc) is 3.02. The molecule has 0 saturated carbocycles. The van der Waals surface area contributed by atoms with Gasteiger partial charge in [0.25, 0.3) is 0 Å². The second-order valence-electron chi connectivity index (χ2n) is 6.44. The number of piperazine rings is 1. The summed E-state index contributed by atoms with van der Waals surface area (Å²) in [6, 6.07) is 5.48. The van der Waals surface area contributed by atoms with Crippen LogP contribution in [0.1, 0.15) is 0 Å². The molecule has 0 bridgehead atoms. The summed E-state index contributed by atoms with van der Waals surface area (Å²) in [5.74, 6) is 0.516. The maximum atomic E-state index is 12.4. The van der Waals surface area contributed by atoms with Crippen LogP contribution < -0.4 is 0 Å². The fourth-order valence-corrected chi connectivity index (χ4v) is 3.70. The molecule has 1 aromatic carbocycles. The van der Waals surface area contributed by atoms with Crippen molar-refractivity contribution in [3.8, 4) is 0 Å². The van der Waals surface area contributed by atoms with Gasteiger partial charge in [-0.25, -0.2) is 4.98 Å². The first-order valence-electron chi connectivity index (χ1n) is 8.41. The fourth-order valence-electron chi connectivity index (χ4n) is 2.74. The Bertz CT molecular complexity index is 802. The summed E-state index contributed by atoms with van der Waals surface area (Å²) in [5.41, 5.74) is 1.70. The maximum Gasteiger partial charge on any atom is 0.236 e. The van der Waals surface area contributed by atoms with Gasteiger partial charge in [0, 0.05) is 45.3 Å². The van der Waals surface area contributed by atoms with Gasteiger partial charge in [0.05, 0.1) is 23.3 Å². The van der Waals surface area contributed by atoms with E-state index in [2.05, 4.69) is 14.9 Å². The van der Waals surface area contributed by atoms with Crippen LogP contribution in [0.3, 0.4) is 0 Å². The first-order chi connectivity index (χ1) is 12.4. The van der Waals surface area contributed by atoms with Crippen molar-refractivity contribution in [1.82, 2.24) is 24.7 Å². The van der Waals surface area contributed by atoms with E-state index in [1.54, 1.807) is 25.1 Å². The quantitative estimate of drug-likeness (QED) is 0.777. The number of likely N-dealkylation sites (N-methyl/N-ethyl adjacent to an activating group) is 1. The molecular formula is C17H22ClN5O2S. The number of nitrogens with zero attached hydrogens (tertiary/aromatic N) is 4. The third-order valence-corrected chi connectivity index (χ3v) is 5.43. The lowest BCUT2D eigenvalue weighted by molar-refractivity contribution is -0.132. The fraction of sp³-hybridized carbons (Fsp3) is 0.471. The van der Waals surface area contributed by atoms with Crippen LogP contribution in [0.15, 0.2) is 23.4 Å². The number of fused-ring (bicyclic) bond motifs is 1. The second-order valence-corrected chi connectivity index (χ2v) is 7.84. The Hall–Kier alpha value is -1.77. The SMILES string of the molecule is CN(C)C(=O)CN1CCN(C(=O)CSc2nc3ccc(Cl)cc3[nH]2)CC1. The van der Waals surface area contributed by atoms with E-state index in [-0.39, 0.29) is 11.8 Å². The number of hydrogen-bond acceptors (Lipinski definition) is 5. The van der Waals surface area contributed by atoms with Gasteiger partial charge in [0.15, 0.2) is 5.16 Å². The Balaban J connectivity index is 1.47. The van der Waals surface area contributed by atoms with E-state index in [4.69, 9.17) is 11.6 Å². The van der Waals surface area contributed by atoms with Gasteiger partial charge in [0.1, 0.15) is 0 Å². The largest absolute Gasteiger partial charge is 0.348 e. The van der Waals surface area contributed by atoms with Gasteiger partial charge in [-0.1, -0.05) is 23.4 Å². The van der Waals surface area contributed by atoms with E-state index in [0.717, 1.165) is 24.1 Å². The van der Waals surface area contributed by atoms with E-state index in [9.17, 15) is 9.59 Å². The van der Waals surface area contributed by atoms with Gasteiger partial charge >= 0.3 is 0 Å². The Morgan fingerprint density at radius 3 is 2.69 bits per heavy atom. The lowest BCUT2D eigenvalue weighted by atomic mass is 10.3. The number of amides is 2. The van der Waals surface area contributed by atoms with E-state index in [1.807, 2.05) is 17.0 Å². The van der Waals surface area contributed by atoms with E-state index >= 15 is 0 Å². The van der Waals surface area contributed by atoms with Crippen molar-refractivity contribution in [2.75, 3.05) is 52.6 Å². The molecule has 1 saturated heterocycles. The highest BCUT2D eigenvalue weighted by atomic mass is 35.5. The number of thioether (sulfide) groups is 1. The number of benzene rings is 1. The van der Waals surface area contributed by atoms with Crippen LogP contribution in [-0.2, 0) is 9.59 Å². The van der Waals surface area contributed by atoms with Crippen LogP contribution >= 0.6 is 23.4 Å². The summed E-state index contributed by atoms with van der Waals surface area (Å²) in [7, 11) is 3.51. The molecule has 140 valence electrons. The zero-order valence-corrected chi connectivity index (χ0v) is 16.4. The molecule has 7 nitrogen and oxygen atoms in total. The van der Waals surface area contributed by atoms with Gasteiger partial charge in [-0.15, -0.1) is 0 Å². The van der Waals surface area contributed by atoms with E-state index < -0.39 is 0 Å². The number of imidazole rings is 1. The Morgan fingerprint density at radius 2 is 2.00 bits per heavy atom.